The van der Waals surface area contributed by atoms with Crippen molar-refractivity contribution in [2.75, 3.05) is 32.7 Å². The molecule has 0 spiro atoms. The third kappa shape index (κ3) is 3.56. The summed E-state index contributed by atoms with van der Waals surface area (Å²) in [5, 5.41) is 11.5. The maximum atomic E-state index is 11.5. The highest BCUT2D eigenvalue weighted by molar-refractivity contribution is 4.72. The second kappa shape index (κ2) is 6.38. The van der Waals surface area contributed by atoms with Crippen LogP contribution < -0.4 is 0 Å². The van der Waals surface area contributed by atoms with Gasteiger partial charge in [0.25, 0.3) is 0 Å². The Bertz CT molecular complexity index is 144. The van der Waals surface area contributed by atoms with Crippen molar-refractivity contribution in [3.05, 3.63) is 0 Å². The van der Waals surface area contributed by atoms with Gasteiger partial charge in [-0.3, -0.25) is 4.90 Å². The summed E-state index contributed by atoms with van der Waals surface area (Å²) in [7, 11) is 0. The normalized spacial score (nSPS) is 22.5. The molecule has 1 aliphatic rings. The standard InChI is InChI=1S/C11H23N2O/c1-3-5-6-12-7-9-13(10-8-12)11(14)4-2/h11H,3-10H2,1-2H3. The van der Waals surface area contributed by atoms with E-state index in [0.717, 1.165) is 32.6 Å². The van der Waals surface area contributed by atoms with Crippen LogP contribution in [0.3, 0.4) is 0 Å². The van der Waals surface area contributed by atoms with Gasteiger partial charge in [0.05, 0.1) is 0 Å². The molecule has 1 aliphatic heterocycles. The Morgan fingerprint density at radius 1 is 1.14 bits per heavy atom. The molecule has 1 radical (unpaired) electrons. The Balaban J connectivity index is 2.17. The lowest BCUT2D eigenvalue weighted by Gasteiger charge is -2.36. The molecule has 1 heterocycles. The number of piperazine rings is 1. The first-order chi connectivity index (χ1) is 6.77. The molecular formula is C11H23N2O. The van der Waals surface area contributed by atoms with Gasteiger partial charge in [-0.2, -0.15) is 0 Å². The molecule has 0 saturated carbocycles. The lowest BCUT2D eigenvalue weighted by molar-refractivity contribution is -0.0695. The molecule has 1 unspecified atom stereocenters. The van der Waals surface area contributed by atoms with E-state index in [2.05, 4.69) is 16.7 Å². The lowest BCUT2D eigenvalue weighted by Crippen LogP contribution is -2.49. The predicted molar refractivity (Wildman–Crippen MR) is 57.7 cm³/mol. The van der Waals surface area contributed by atoms with Crippen LogP contribution in [-0.2, 0) is 5.11 Å². The molecule has 0 amide bonds. The molecule has 0 N–H and O–H groups in total. The van der Waals surface area contributed by atoms with Crippen LogP contribution in [0.15, 0.2) is 0 Å². The largest absolute Gasteiger partial charge is 0.301 e. The number of rotatable bonds is 5. The van der Waals surface area contributed by atoms with Crippen molar-refractivity contribution in [3.8, 4) is 0 Å². The molecule has 1 rings (SSSR count). The summed E-state index contributed by atoms with van der Waals surface area (Å²) in [6.07, 6.45) is 2.81. The first-order valence-electron chi connectivity index (χ1n) is 5.90. The van der Waals surface area contributed by atoms with Crippen molar-refractivity contribution < 1.29 is 5.11 Å². The zero-order valence-corrected chi connectivity index (χ0v) is 9.54. The second-order valence-electron chi connectivity index (χ2n) is 4.09. The highest BCUT2D eigenvalue weighted by Gasteiger charge is 2.21. The number of hydrogen-bond donors (Lipinski definition) is 0. The van der Waals surface area contributed by atoms with Gasteiger partial charge < -0.3 is 4.90 Å². The van der Waals surface area contributed by atoms with Crippen LogP contribution in [0.1, 0.15) is 33.1 Å². The molecule has 3 heteroatoms. The predicted octanol–water partition coefficient (Wildman–Crippen LogP) is 1.57. The topological polar surface area (TPSA) is 26.4 Å². The quantitative estimate of drug-likeness (QED) is 0.672. The van der Waals surface area contributed by atoms with E-state index >= 15 is 0 Å². The Kier molecular flexibility index (Phi) is 5.45. The zero-order chi connectivity index (χ0) is 10.4. The molecule has 1 saturated heterocycles. The molecule has 0 aliphatic carbocycles. The summed E-state index contributed by atoms with van der Waals surface area (Å²) in [6.45, 7) is 9.50. The van der Waals surface area contributed by atoms with Crippen LogP contribution in [0.2, 0.25) is 0 Å². The Hall–Kier alpha value is -0.120. The minimum atomic E-state index is -0.469. The fourth-order valence-corrected chi connectivity index (χ4v) is 1.91. The van der Waals surface area contributed by atoms with Crippen molar-refractivity contribution in [2.45, 2.75) is 39.3 Å². The first kappa shape index (κ1) is 12.0. The van der Waals surface area contributed by atoms with Gasteiger partial charge in [-0.25, -0.2) is 5.11 Å². The molecule has 14 heavy (non-hydrogen) atoms. The summed E-state index contributed by atoms with van der Waals surface area (Å²) in [5.74, 6) is 0. The molecule has 3 nitrogen and oxygen atoms in total. The minimum Gasteiger partial charge on any atom is -0.301 e. The molecule has 0 aromatic heterocycles. The van der Waals surface area contributed by atoms with Crippen LogP contribution in [0.4, 0.5) is 0 Å². The van der Waals surface area contributed by atoms with Gasteiger partial charge in [-0.15, -0.1) is 0 Å². The number of unbranched alkanes of at least 4 members (excludes halogenated alkanes) is 1. The van der Waals surface area contributed by atoms with Crippen LogP contribution in [-0.4, -0.2) is 48.8 Å². The molecule has 0 aromatic carbocycles. The number of nitrogens with zero attached hydrogens (tertiary/aromatic N) is 2. The van der Waals surface area contributed by atoms with E-state index in [4.69, 9.17) is 0 Å². The summed E-state index contributed by atoms with van der Waals surface area (Å²) in [6, 6.07) is 0. The molecule has 0 bridgehead atoms. The van der Waals surface area contributed by atoms with Crippen molar-refractivity contribution in [3.63, 3.8) is 0 Å². The Morgan fingerprint density at radius 2 is 1.79 bits per heavy atom. The van der Waals surface area contributed by atoms with Gasteiger partial charge in [0.1, 0.15) is 6.23 Å². The van der Waals surface area contributed by atoms with Crippen LogP contribution in [0, 0.1) is 0 Å². The van der Waals surface area contributed by atoms with E-state index in [1.165, 1.54) is 19.4 Å². The zero-order valence-electron chi connectivity index (χ0n) is 9.54. The van der Waals surface area contributed by atoms with Gasteiger partial charge in [0, 0.05) is 26.2 Å². The summed E-state index contributed by atoms with van der Waals surface area (Å²) in [4.78, 5) is 4.55. The van der Waals surface area contributed by atoms with Gasteiger partial charge in [0.2, 0.25) is 0 Å². The van der Waals surface area contributed by atoms with Gasteiger partial charge in [-0.1, -0.05) is 20.3 Å². The van der Waals surface area contributed by atoms with Crippen molar-refractivity contribution >= 4 is 0 Å². The average Bonchev–Trinajstić information content (AvgIpc) is 2.26. The van der Waals surface area contributed by atoms with E-state index in [1.807, 2.05) is 6.92 Å². The highest BCUT2D eigenvalue weighted by Crippen LogP contribution is 2.08. The molecule has 0 aromatic rings. The maximum Gasteiger partial charge on any atom is 0.146 e. The fraction of sp³-hybridized carbons (Fsp3) is 1.00. The molecule has 1 atom stereocenters. The lowest BCUT2D eigenvalue weighted by atomic mass is 10.2. The summed E-state index contributed by atoms with van der Waals surface area (Å²) >= 11 is 0. The van der Waals surface area contributed by atoms with E-state index in [9.17, 15) is 5.11 Å². The first-order valence-corrected chi connectivity index (χ1v) is 5.90. The second-order valence-corrected chi connectivity index (χ2v) is 4.09. The summed E-state index contributed by atoms with van der Waals surface area (Å²) in [5.41, 5.74) is 0. The van der Waals surface area contributed by atoms with Gasteiger partial charge >= 0.3 is 0 Å². The third-order valence-electron chi connectivity index (χ3n) is 2.99. The van der Waals surface area contributed by atoms with E-state index < -0.39 is 6.23 Å². The monoisotopic (exact) mass is 199 g/mol. The van der Waals surface area contributed by atoms with Gasteiger partial charge in [-0.05, 0) is 19.4 Å². The maximum absolute atomic E-state index is 11.5. The van der Waals surface area contributed by atoms with Crippen molar-refractivity contribution in [1.82, 2.24) is 9.80 Å². The molecule has 83 valence electrons. The highest BCUT2D eigenvalue weighted by atomic mass is 16.3. The third-order valence-corrected chi connectivity index (χ3v) is 2.99. The van der Waals surface area contributed by atoms with Crippen LogP contribution in [0.5, 0.6) is 0 Å². The van der Waals surface area contributed by atoms with E-state index in [-0.39, 0.29) is 0 Å². The van der Waals surface area contributed by atoms with Crippen LogP contribution in [0.25, 0.3) is 0 Å². The SMILES string of the molecule is CCCCN1CCN(C([O])CC)CC1. The number of hydrogen-bond acceptors (Lipinski definition) is 2. The van der Waals surface area contributed by atoms with Crippen LogP contribution >= 0.6 is 0 Å². The Labute approximate surface area is 87.7 Å². The molecular weight excluding hydrogens is 176 g/mol. The van der Waals surface area contributed by atoms with Gasteiger partial charge in [0.15, 0.2) is 0 Å². The fourth-order valence-electron chi connectivity index (χ4n) is 1.91. The smallest absolute Gasteiger partial charge is 0.146 e. The Morgan fingerprint density at radius 3 is 2.29 bits per heavy atom. The minimum absolute atomic E-state index is 0.469. The average molecular weight is 199 g/mol. The molecule has 1 fully saturated rings. The van der Waals surface area contributed by atoms with E-state index in [0.29, 0.717) is 0 Å². The van der Waals surface area contributed by atoms with Crippen molar-refractivity contribution in [2.24, 2.45) is 0 Å². The van der Waals surface area contributed by atoms with E-state index in [1.54, 1.807) is 0 Å². The van der Waals surface area contributed by atoms with Crippen molar-refractivity contribution in [1.29, 1.82) is 0 Å². The summed E-state index contributed by atoms with van der Waals surface area (Å²) < 4.78 is 0.